The third kappa shape index (κ3) is 3.29. The highest BCUT2D eigenvalue weighted by Gasteiger charge is 2.15. The standard InChI is InChI=1S/C12H9Br2ClS2/c1-16-8-4-2-7(3-5-8)11(15)10-6-9(13)12(14)17-10/h2-6,11H,1H3. The van der Waals surface area contributed by atoms with E-state index in [-0.39, 0.29) is 5.38 Å². The predicted octanol–water partition coefficient (Wildman–Crippen LogP) is 6.32. The third-order valence-corrected chi connectivity index (χ3v) is 7.00. The Labute approximate surface area is 131 Å². The van der Waals surface area contributed by atoms with E-state index in [0.29, 0.717) is 0 Å². The fourth-order valence-corrected chi connectivity index (χ4v) is 4.27. The lowest BCUT2D eigenvalue weighted by molar-refractivity contribution is 1.17. The molecule has 1 atom stereocenters. The molecule has 1 heterocycles. The molecule has 0 aliphatic rings. The molecule has 1 unspecified atom stereocenters. The summed E-state index contributed by atoms with van der Waals surface area (Å²) in [5, 5.41) is -0.0847. The maximum atomic E-state index is 6.47. The smallest absolute Gasteiger partial charge is 0.0928 e. The van der Waals surface area contributed by atoms with E-state index in [1.807, 2.05) is 0 Å². The number of halogens is 3. The first-order chi connectivity index (χ1) is 8.11. The number of hydrogen-bond donors (Lipinski definition) is 0. The maximum Gasteiger partial charge on any atom is 0.0928 e. The maximum absolute atomic E-state index is 6.47. The molecule has 0 N–H and O–H groups in total. The molecule has 1 aromatic carbocycles. The van der Waals surface area contributed by atoms with Gasteiger partial charge in [0, 0.05) is 14.2 Å². The van der Waals surface area contributed by atoms with Crippen LogP contribution in [0.5, 0.6) is 0 Å². The van der Waals surface area contributed by atoms with Crippen molar-refractivity contribution < 1.29 is 0 Å². The SMILES string of the molecule is CSc1ccc(C(Cl)c2cc(Br)c(Br)s2)cc1. The van der Waals surface area contributed by atoms with Crippen LogP contribution in [0.3, 0.4) is 0 Å². The van der Waals surface area contributed by atoms with Crippen LogP contribution in [-0.2, 0) is 0 Å². The van der Waals surface area contributed by atoms with Crippen molar-refractivity contribution in [2.75, 3.05) is 6.26 Å². The van der Waals surface area contributed by atoms with Crippen LogP contribution in [0.25, 0.3) is 0 Å². The molecule has 0 nitrogen and oxygen atoms in total. The zero-order chi connectivity index (χ0) is 12.4. The van der Waals surface area contributed by atoms with E-state index in [0.717, 1.165) is 18.7 Å². The first-order valence-corrected chi connectivity index (χ1v) is 8.91. The van der Waals surface area contributed by atoms with Gasteiger partial charge in [0.25, 0.3) is 0 Å². The summed E-state index contributed by atoms with van der Waals surface area (Å²) in [4.78, 5) is 2.40. The van der Waals surface area contributed by atoms with Gasteiger partial charge in [-0.25, -0.2) is 0 Å². The van der Waals surface area contributed by atoms with E-state index in [9.17, 15) is 0 Å². The topological polar surface area (TPSA) is 0 Å². The summed E-state index contributed by atoms with van der Waals surface area (Å²) in [6.45, 7) is 0. The lowest BCUT2D eigenvalue weighted by atomic mass is 10.1. The summed E-state index contributed by atoms with van der Waals surface area (Å²) < 4.78 is 2.14. The van der Waals surface area contributed by atoms with E-state index in [1.54, 1.807) is 23.1 Å². The summed E-state index contributed by atoms with van der Waals surface area (Å²) in [6.07, 6.45) is 2.07. The second-order valence-corrected chi connectivity index (χ2v) is 7.98. The Morgan fingerprint density at radius 2 is 1.88 bits per heavy atom. The Morgan fingerprint density at radius 1 is 1.24 bits per heavy atom. The van der Waals surface area contributed by atoms with Crippen LogP contribution >= 0.6 is 66.6 Å². The molecule has 2 rings (SSSR count). The molecule has 0 saturated heterocycles. The normalized spacial score (nSPS) is 12.7. The van der Waals surface area contributed by atoms with Crippen molar-refractivity contribution in [3.05, 3.63) is 49.0 Å². The lowest BCUT2D eigenvalue weighted by Crippen LogP contribution is -1.89. The Hall–Kier alpha value is 0.520. The van der Waals surface area contributed by atoms with E-state index in [2.05, 4.69) is 68.4 Å². The van der Waals surface area contributed by atoms with Gasteiger partial charge in [0.05, 0.1) is 9.16 Å². The lowest BCUT2D eigenvalue weighted by Gasteiger charge is -2.08. The minimum atomic E-state index is -0.0847. The van der Waals surface area contributed by atoms with E-state index < -0.39 is 0 Å². The van der Waals surface area contributed by atoms with Crippen LogP contribution in [0, 0.1) is 0 Å². The van der Waals surface area contributed by atoms with Gasteiger partial charge in [0.15, 0.2) is 0 Å². The molecule has 17 heavy (non-hydrogen) atoms. The zero-order valence-electron chi connectivity index (χ0n) is 8.91. The molecule has 0 saturated carbocycles. The van der Waals surface area contributed by atoms with Gasteiger partial charge in [-0.05, 0) is 61.9 Å². The fourth-order valence-electron chi connectivity index (χ4n) is 1.43. The quantitative estimate of drug-likeness (QED) is 0.420. The van der Waals surface area contributed by atoms with Gasteiger partial charge >= 0.3 is 0 Å². The molecular weight excluding hydrogens is 404 g/mol. The van der Waals surface area contributed by atoms with Crippen molar-refractivity contribution in [3.8, 4) is 0 Å². The largest absolute Gasteiger partial charge is 0.130 e. The molecule has 0 radical (unpaired) electrons. The van der Waals surface area contributed by atoms with Crippen LogP contribution in [0.4, 0.5) is 0 Å². The number of thiophene rings is 1. The number of hydrogen-bond acceptors (Lipinski definition) is 2. The van der Waals surface area contributed by atoms with Crippen molar-refractivity contribution in [1.82, 2.24) is 0 Å². The van der Waals surface area contributed by atoms with Crippen LogP contribution < -0.4 is 0 Å². The summed E-state index contributed by atoms with van der Waals surface area (Å²) in [5.74, 6) is 0. The van der Waals surface area contributed by atoms with Gasteiger partial charge in [-0.2, -0.15) is 0 Å². The van der Waals surface area contributed by atoms with Gasteiger partial charge in [-0.1, -0.05) is 12.1 Å². The fraction of sp³-hybridized carbons (Fsp3) is 0.167. The Balaban J connectivity index is 2.26. The zero-order valence-corrected chi connectivity index (χ0v) is 14.5. The first kappa shape index (κ1) is 13.9. The van der Waals surface area contributed by atoms with Crippen molar-refractivity contribution in [2.24, 2.45) is 0 Å². The van der Waals surface area contributed by atoms with Gasteiger partial charge in [-0.3, -0.25) is 0 Å². The van der Waals surface area contributed by atoms with E-state index in [1.165, 1.54) is 4.90 Å². The summed E-state index contributed by atoms with van der Waals surface area (Å²) in [7, 11) is 0. The van der Waals surface area contributed by atoms with Gasteiger partial charge in [0.2, 0.25) is 0 Å². The van der Waals surface area contributed by atoms with Crippen molar-refractivity contribution >= 4 is 66.6 Å². The van der Waals surface area contributed by atoms with Crippen molar-refractivity contribution in [3.63, 3.8) is 0 Å². The summed E-state index contributed by atoms with van der Waals surface area (Å²) in [6, 6.07) is 10.4. The Morgan fingerprint density at radius 3 is 2.35 bits per heavy atom. The van der Waals surface area contributed by atoms with Crippen LogP contribution in [0.1, 0.15) is 15.8 Å². The van der Waals surface area contributed by atoms with Crippen LogP contribution in [-0.4, -0.2) is 6.26 Å². The molecule has 1 aromatic heterocycles. The monoisotopic (exact) mass is 410 g/mol. The summed E-state index contributed by atoms with van der Waals surface area (Å²) in [5.41, 5.74) is 1.13. The molecular formula is C12H9Br2ClS2. The number of rotatable bonds is 3. The Kier molecular flexibility index (Phi) is 5.01. The third-order valence-electron chi connectivity index (χ3n) is 2.32. The molecule has 0 aliphatic heterocycles. The second-order valence-electron chi connectivity index (χ2n) is 3.41. The second kappa shape index (κ2) is 6.11. The minimum Gasteiger partial charge on any atom is -0.130 e. The highest BCUT2D eigenvalue weighted by atomic mass is 79.9. The molecule has 0 fully saturated rings. The summed E-state index contributed by atoms with van der Waals surface area (Å²) >= 11 is 16.8. The number of alkyl halides is 1. The average molecular weight is 413 g/mol. The molecule has 90 valence electrons. The van der Waals surface area contributed by atoms with E-state index >= 15 is 0 Å². The molecule has 0 aliphatic carbocycles. The van der Waals surface area contributed by atoms with E-state index in [4.69, 9.17) is 11.6 Å². The highest BCUT2D eigenvalue weighted by molar-refractivity contribution is 9.13. The first-order valence-electron chi connectivity index (χ1n) is 4.84. The minimum absolute atomic E-state index is 0.0847. The highest BCUT2D eigenvalue weighted by Crippen LogP contribution is 2.40. The number of benzene rings is 1. The average Bonchev–Trinajstić information content (AvgIpc) is 2.69. The molecule has 2 aromatic rings. The van der Waals surface area contributed by atoms with Crippen LogP contribution in [0.15, 0.2) is 43.5 Å². The number of thioether (sulfide) groups is 1. The van der Waals surface area contributed by atoms with Crippen molar-refractivity contribution in [1.29, 1.82) is 0 Å². The van der Waals surface area contributed by atoms with Gasteiger partial charge in [0.1, 0.15) is 0 Å². The molecule has 5 heteroatoms. The molecule has 0 amide bonds. The Bertz CT molecular complexity index is 488. The van der Waals surface area contributed by atoms with Gasteiger partial charge < -0.3 is 0 Å². The molecule has 0 bridgehead atoms. The van der Waals surface area contributed by atoms with Crippen molar-refractivity contribution in [2.45, 2.75) is 10.3 Å². The van der Waals surface area contributed by atoms with Crippen LogP contribution in [0.2, 0.25) is 0 Å². The predicted molar refractivity (Wildman–Crippen MR) is 85.6 cm³/mol. The van der Waals surface area contributed by atoms with Gasteiger partial charge in [-0.15, -0.1) is 34.7 Å². The molecule has 0 spiro atoms.